The molecule has 0 bridgehead atoms. The van der Waals surface area contributed by atoms with E-state index in [1.165, 1.54) is 5.56 Å². The fraction of sp³-hybridized carbons (Fsp3) is 0.280. The summed E-state index contributed by atoms with van der Waals surface area (Å²) in [6.45, 7) is 7.80. The Labute approximate surface area is 182 Å². The van der Waals surface area contributed by atoms with Crippen molar-refractivity contribution >= 4 is 0 Å². The zero-order chi connectivity index (χ0) is 21.0. The molecule has 6 heteroatoms. The van der Waals surface area contributed by atoms with E-state index in [0.717, 1.165) is 67.7 Å². The van der Waals surface area contributed by atoms with E-state index in [1.54, 1.807) is 0 Å². The predicted molar refractivity (Wildman–Crippen MR) is 121 cm³/mol. The molecule has 1 aliphatic heterocycles. The summed E-state index contributed by atoms with van der Waals surface area (Å²) < 4.78 is 7.20. The molecule has 0 atom stereocenters. The van der Waals surface area contributed by atoms with Crippen LogP contribution < -0.4 is 0 Å². The number of benzene rings is 2. The molecule has 0 unspecified atom stereocenters. The SMILES string of the molecule is Cc1cc(CN2CCN(Cc3cn(-c4ccccc4)nc3-c3ccccc3)CC2)no1. The molecular formula is C25H27N5O. The van der Waals surface area contributed by atoms with Crippen LogP contribution in [0.15, 0.2) is 77.4 Å². The molecule has 3 heterocycles. The standard InChI is InChI=1S/C25H27N5O/c1-20-16-23(27-31-20)19-29-14-12-28(13-15-29)17-22-18-30(24-10-6-3-7-11-24)26-25(22)21-8-4-2-5-9-21/h2-11,16,18H,12-15,17,19H2,1H3. The van der Waals surface area contributed by atoms with Gasteiger partial charge >= 0.3 is 0 Å². The molecule has 0 saturated carbocycles. The minimum absolute atomic E-state index is 0.854. The Kier molecular flexibility index (Phi) is 5.65. The number of aryl methyl sites for hydroxylation is 1. The van der Waals surface area contributed by atoms with Crippen LogP contribution in [-0.4, -0.2) is 50.9 Å². The maximum absolute atomic E-state index is 5.20. The Bertz CT molecular complexity index is 1110. The van der Waals surface area contributed by atoms with Crippen LogP contribution in [-0.2, 0) is 13.1 Å². The van der Waals surface area contributed by atoms with Gasteiger partial charge in [-0.1, -0.05) is 53.7 Å². The summed E-state index contributed by atoms with van der Waals surface area (Å²) in [5.74, 6) is 0.873. The van der Waals surface area contributed by atoms with Gasteiger partial charge < -0.3 is 4.52 Å². The van der Waals surface area contributed by atoms with Crippen molar-refractivity contribution in [1.82, 2.24) is 24.7 Å². The van der Waals surface area contributed by atoms with Gasteiger partial charge in [-0.05, 0) is 19.1 Å². The van der Waals surface area contributed by atoms with Crippen LogP contribution >= 0.6 is 0 Å². The average molecular weight is 414 g/mol. The zero-order valence-electron chi connectivity index (χ0n) is 17.8. The summed E-state index contributed by atoms with van der Waals surface area (Å²) in [7, 11) is 0. The first kappa shape index (κ1) is 19.7. The molecule has 5 rings (SSSR count). The highest BCUT2D eigenvalue weighted by Crippen LogP contribution is 2.25. The number of hydrogen-bond donors (Lipinski definition) is 0. The number of hydrogen-bond acceptors (Lipinski definition) is 5. The largest absolute Gasteiger partial charge is 0.361 e. The van der Waals surface area contributed by atoms with Crippen molar-refractivity contribution < 1.29 is 4.52 Å². The van der Waals surface area contributed by atoms with E-state index >= 15 is 0 Å². The third kappa shape index (κ3) is 4.60. The van der Waals surface area contributed by atoms with E-state index in [9.17, 15) is 0 Å². The molecule has 4 aromatic rings. The molecule has 0 amide bonds. The summed E-state index contributed by atoms with van der Waals surface area (Å²) in [5, 5.41) is 9.08. The Morgan fingerprint density at radius 2 is 1.48 bits per heavy atom. The first-order valence-electron chi connectivity index (χ1n) is 10.8. The van der Waals surface area contributed by atoms with Crippen molar-refractivity contribution in [2.75, 3.05) is 26.2 Å². The first-order valence-corrected chi connectivity index (χ1v) is 10.8. The first-order chi connectivity index (χ1) is 15.2. The summed E-state index contributed by atoms with van der Waals surface area (Å²) in [6, 6.07) is 22.8. The zero-order valence-corrected chi connectivity index (χ0v) is 17.8. The van der Waals surface area contributed by atoms with Crippen molar-refractivity contribution in [3.05, 3.63) is 89.9 Å². The quantitative estimate of drug-likeness (QED) is 0.475. The number of para-hydroxylation sites is 1. The Morgan fingerprint density at radius 1 is 0.839 bits per heavy atom. The molecule has 0 spiro atoms. The van der Waals surface area contributed by atoms with Gasteiger partial charge in [-0.2, -0.15) is 5.10 Å². The average Bonchev–Trinajstić information content (AvgIpc) is 3.42. The normalized spacial score (nSPS) is 15.4. The Balaban J connectivity index is 1.31. The van der Waals surface area contributed by atoms with Gasteiger partial charge in [-0.15, -0.1) is 0 Å². The molecule has 2 aromatic heterocycles. The van der Waals surface area contributed by atoms with Crippen LogP contribution in [0.1, 0.15) is 17.0 Å². The van der Waals surface area contributed by atoms with E-state index in [-0.39, 0.29) is 0 Å². The number of aromatic nitrogens is 3. The van der Waals surface area contributed by atoms with Gasteiger partial charge in [0.1, 0.15) is 5.76 Å². The highest BCUT2D eigenvalue weighted by molar-refractivity contribution is 5.63. The van der Waals surface area contributed by atoms with Crippen LogP contribution in [0.2, 0.25) is 0 Å². The molecule has 1 aliphatic rings. The summed E-state index contributed by atoms with van der Waals surface area (Å²) in [5.41, 5.74) is 5.58. The lowest BCUT2D eigenvalue weighted by Crippen LogP contribution is -2.45. The summed E-state index contributed by atoms with van der Waals surface area (Å²) in [4.78, 5) is 4.96. The molecule has 0 N–H and O–H groups in total. The van der Waals surface area contributed by atoms with Crippen LogP contribution in [0.3, 0.4) is 0 Å². The molecule has 2 aromatic carbocycles. The van der Waals surface area contributed by atoms with Crippen LogP contribution in [0, 0.1) is 6.92 Å². The molecule has 158 valence electrons. The molecule has 1 saturated heterocycles. The van der Waals surface area contributed by atoms with Gasteiger partial charge in [0.05, 0.1) is 17.1 Å². The second kappa shape index (κ2) is 8.88. The van der Waals surface area contributed by atoms with E-state index < -0.39 is 0 Å². The molecule has 0 radical (unpaired) electrons. The van der Waals surface area contributed by atoms with Crippen molar-refractivity contribution in [3.63, 3.8) is 0 Å². The van der Waals surface area contributed by atoms with E-state index in [2.05, 4.69) is 69.7 Å². The van der Waals surface area contributed by atoms with Gasteiger partial charge in [0.2, 0.25) is 0 Å². The van der Waals surface area contributed by atoms with Gasteiger partial charge in [0, 0.05) is 62.7 Å². The van der Waals surface area contributed by atoms with Gasteiger partial charge in [-0.3, -0.25) is 9.80 Å². The van der Waals surface area contributed by atoms with E-state index in [4.69, 9.17) is 9.62 Å². The molecule has 0 aliphatic carbocycles. The Hall–Kier alpha value is -3.22. The molecule has 31 heavy (non-hydrogen) atoms. The molecule has 6 nitrogen and oxygen atoms in total. The van der Waals surface area contributed by atoms with E-state index in [1.807, 2.05) is 29.8 Å². The Morgan fingerprint density at radius 3 is 2.13 bits per heavy atom. The minimum atomic E-state index is 0.854. The topological polar surface area (TPSA) is 50.3 Å². The smallest absolute Gasteiger partial charge is 0.133 e. The van der Waals surface area contributed by atoms with Crippen molar-refractivity contribution in [1.29, 1.82) is 0 Å². The minimum Gasteiger partial charge on any atom is -0.361 e. The third-order valence-corrected chi connectivity index (χ3v) is 5.78. The highest BCUT2D eigenvalue weighted by atomic mass is 16.5. The fourth-order valence-electron chi connectivity index (χ4n) is 4.15. The number of rotatable bonds is 6. The highest BCUT2D eigenvalue weighted by Gasteiger charge is 2.21. The van der Waals surface area contributed by atoms with Gasteiger partial charge in [-0.25, -0.2) is 4.68 Å². The molecular weight excluding hydrogens is 386 g/mol. The lowest BCUT2D eigenvalue weighted by Gasteiger charge is -2.34. The number of nitrogens with zero attached hydrogens (tertiary/aromatic N) is 5. The summed E-state index contributed by atoms with van der Waals surface area (Å²) in [6.07, 6.45) is 2.18. The van der Waals surface area contributed by atoms with E-state index in [0.29, 0.717) is 0 Å². The van der Waals surface area contributed by atoms with Crippen LogP contribution in [0.25, 0.3) is 16.9 Å². The lowest BCUT2D eigenvalue weighted by atomic mass is 10.1. The second-order valence-electron chi connectivity index (χ2n) is 8.13. The monoisotopic (exact) mass is 413 g/mol. The van der Waals surface area contributed by atoms with Crippen molar-refractivity contribution in [2.45, 2.75) is 20.0 Å². The fourth-order valence-corrected chi connectivity index (χ4v) is 4.15. The van der Waals surface area contributed by atoms with Crippen LogP contribution in [0.4, 0.5) is 0 Å². The van der Waals surface area contributed by atoms with Crippen molar-refractivity contribution in [2.24, 2.45) is 0 Å². The lowest BCUT2D eigenvalue weighted by molar-refractivity contribution is 0.120. The third-order valence-electron chi connectivity index (χ3n) is 5.78. The van der Waals surface area contributed by atoms with Gasteiger partial charge in [0.15, 0.2) is 0 Å². The maximum atomic E-state index is 5.20. The maximum Gasteiger partial charge on any atom is 0.133 e. The van der Waals surface area contributed by atoms with Gasteiger partial charge in [0.25, 0.3) is 0 Å². The second-order valence-corrected chi connectivity index (χ2v) is 8.13. The summed E-state index contributed by atoms with van der Waals surface area (Å²) >= 11 is 0. The predicted octanol–water partition coefficient (Wildman–Crippen LogP) is 4.15. The van der Waals surface area contributed by atoms with Crippen molar-refractivity contribution in [3.8, 4) is 16.9 Å². The number of piperazine rings is 1. The van der Waals surface area contributed by atoms with Crippen LogP contribution in [0.5, 0.6) is 0 Å². The molecule has 1 fully saturated rings.